The molecule has 1 fully saturated rings. The van der Waals surface area contributed by atoms with Gasteiger partial charge in [-0.1, -0.05) is 18.2 Å². The van der Waals surface area contributed by atoms with Gasteiger partial charge in [0.25, 0.3) is 0 Å². The van der Waals surface area contributed by atoms with Crippen molar-refractivity contribution in [3.63, 3.8) is 0 Å². The van der Waals surface area contributed by atoms with Crippen LogP contribution in [0.5, 0.6) is 17.2 Å². The van der Waals surface area contributed by atoms with Gasteiger partial charge >= 0.3 is 0 Å². The molecular weight excluding hydrogens is 352 g/mol. The molecule has 140 valence electrons. The molecule has 7 heteroatoms. The van der Waals surface area contributed by atoms with Crippen LogP contribution < -0.4 is 19.7 Å². The van der Waals surface area contributed by atoms with E-state index in [4.69, 9.17) is 14.2 Å². The minimum Gasteiger partial charge on any atom is -0.495 e. The van der Waals surface area contributed by atoms with Crippen molar-refractivity contribution in [2.24, 2.45) is 0 Å². The van der Waals surface area contributed by atoms with Crippen LogP contribution in [0.2, 0.25) is 0 Å². The zero-order valence-electron chi connectivity index (χ0n) is 15.0. The van der Waals surface area contributed by atoms with Gasteiger partial charge in [-0.3, -0.25) is 10.7 Å². The first-order valence-corrected chi connectivity index (χ1v) is 9.32. The van der Waals surface area contributed by atoms with Crippen molar-refractivity contribution >= 4 is 17.6 Å². The molecule has 0 aromatic heterocycles. The molecule has 0 saturated carbocycles. The fraction of sp³-hybridized carbons (Fsp3) is 0.368. The molecule has 0 radical (unpaired) electrons. The van der Waals surface area contributed by atoms with Gasteiger partial charge in [0, 0.05) is 13.1 Å². The number of hydrogen-bond acceptors (Lipinski definition) is 7. The van der Waals surface area contributed by atoms with E-state index in [2.05, 4.69) is 9.79 Å². The van der Waals surface area contributed by atoms with Crippen molar-refractivity contribution < 1.29 is 19.4 Å². The Morgan fingerprint density at radius 1 is 1.00 bits per heavy atom. The minimum absolute atomic E-state index is 0.219. The van der Waals surface area contributed by atoms with Gasteiger partial charge in [0.05, 0.1) is 19.1 Å². The highest BCUT2D eigenvalue weighted by molar-refractivity contribution is 7.97. The molecule has 2 aromatic carbocycles. The summed E-state index contributed by atoms with van der Waals surface area (Å²) in [5.41, 5.74) is 2.76. The lowest BCUT2D eigenvalue weighted by atomic mass is 10.1. The van der Waals surface area contributed by atoms with E-state index < -0.39 is 0 Å². The van der Waals surface area contributed by atoms with E-state index in [1.165, 1.54) is 0 Å². The molecule has 6 nitrogen and oxygen atoms in total. The Balaban J connectivity index is 1.64. The lowest BCUT2D eigenvalue weighted by Gasteiger charge is -2.32. The van der Waals surface area contributed by atoms with Gasteiger partial charge in [-0.25, -0.2) is 4.31 Å². The molecule has 0 aliphatic carbocycles. The summed E-state index contributed by atoms with van der Waals surface area (Å²) in [6.45, 7) is 1.76. The molecule has 1 aliphatic rings. The van der Waals surface area contributed by atoms with Crippen LogP contribution >= 0.6 is 11.9 Å². The summed E-state index contributed by atoms with van der Waals surface area (Å²) < 4.78 is 19.1. The van der Waals surface area contributed by atoms with Gasteiger partial charge in [-0.2, -0.15) is 0 Å². The Morgan fingerprint density at radius 3 is 2.27 bits per heavy atom. The average Bonchev–Trinajstić information content (AvgIpc) is 2.69. The standard InChI is InChI=1S/C19H24N2O4S/c1-23-16-8-9-17(24-2)19(18(16)20-22)26-21-12-10-15(11-13-21)25-14-6-4-3-5-7-14/h3-9,15,20,22H,10-13H2,1-2H3. The summed E-state index contributed by atoms with van der Waals surface area (Å²) in [4.78, 5) is 0.803. The zero-order valence-corrected chi connectivity index (χ0v) is 15.8. The summed E-state index contributed by atoms with van der Waals surface area (Å²) in [7, 11) is 3.19. The predicted molar refractivity (Wildman–Crippen MR) is 102 cm³/mol. The normalized spacial score (nSPS) is 15.5. The van der Waals surface area contributed by atoms with Crippen molar-refractivity contribution in [1.29, 1.82) is 0 Å². The average molecular weight is 376 g/mol. The second-order valence-corrected chi connectivity index (χ2v) is 7.04. The summed E-state index contributed by atoms with van der Waals surface area (Å²) >= 11 is 1.56. The topological polar surface area (TPSA) is 63.2 Å². The number of benzene rings is 2. The van der Waals surface area contributed by atoms with Crippen molar-refractivity contribution in [3.8, 4) is 17.2 Å². The number of hydrogen-bond donors (Lipinski definition) is 2. The smallest absolute Gasteiger partial charge is 0.145 e. The van der Waals surface area contributed by atoms with Gasteiger partial charge in [0.2, 0.25) is 0 Å². The highest BCUT2D eigenvalue weighted by atomic mass is 32.2. The molecule has 26 heavy (non-hydrogen) atoms. The largest absolute Gasteiger partial charge is 0.495 e. The number of piperidine rings is 1. The first-order chi connectivity index (χ1) is 12.7. The molecule has 2 N–H and O–H groups in total. The Morgan fingerprint density at radius 2 is 1.65 bits per heavy atom. The van der Waals surface area contributed by atoms with E-state index in [-0.39, 0.29) is 6.10 Å². The third-order valence-electron chi connectivity index (χ3n) is 4.30. The summed E-state index contributed by atoms with van der Waals surface area (Å²) in [6.07, 6.45) is 2.10. The van der Waals surface area contributed by atoms with Crippen LogP contribution in [0, 0.1) is 0 Å². The van der Waals surface area contributed by atoms with E-state index in [0.29, 0.717) is 17.2 Å². The summed E-state index contributed by atoms with van der Waals surface area (Å²) in [5.74, 6) is 2.17. The number of anilines is 1. The molecule has 3 rings (SSSR count). The van der Waals surface area contributed by atoms with Gasteiger partial charge in [0.15, 0.2) is 0 Å². The Kier molecular flexibility index (Phi) is 6.49. The second kappa shape index (κ2) is 9.02. The molecule has 2 aromatic rings. The molecule has 0 unspecified atom stereocenters. The fourth-order valence-electron chi connectivity index (χ4n) is 2.93. The van der Waals surface area contributed by atoms with Crippen molar-refractivity contribution in [1.82, 2.24) is 4.31 Å². The van der Waals surface area contributed by atoms with E-state index >= 15 is 0 Å². The highest BCUT2D eigenvalue weighted by Gasteiger charge is 2.24. The Bertz CT molecular complexity index is 706. The maximum Gasteiger partial charge on any atom is 0.145 e. The van der Waals surface area contributed by atoms with Crippen LogP contribution in [0.3, 0.4) is 0 Å². The molecule has 1 aliphatic heterocycles. The van der Waals surface area contributed by atoms with E-state index in [9.17, 15) is 5.21 Å². The number of rotatable bonds is 7. The van der Waals surface area contributed by atoms with Gasteiger partial charge in [0.1, 0.15) is 29.0 Å². The molecular formula is C19H24N2O4S. The molecule has 0 atom stereocenters. The van der Waals surface area contributed by atoms with Crippen LogP contribution in [0.15, 0.2) is 47.4 Å². The van der Waals surface area contributed by atoms with Crippen LogP contribution in [-0.4, -0.2) is 42.9 Å². The highest BCUT2D eigenvalue weighted by Crippen LogP contribution is 2.43. The summed E-state index contributed by atoms with van der Waals surface area (Å²) in [5, 5.41) is 9.55. The van der Waals surface area contributed by atoms with E-state index in [1.807, 2.05) is 36.4 Å². The number of ether oxygens (including phenoxy) is 3. The van der Waals surface area contributed by atoms with E-state index in [1.54, 1.807) is 32.2 Å². The van der Waals surface area contributed by atoms with Crippen LogP contribution in [0.4, 0.5) is 5.69 Å². The quantitative estimate of drug-likeness (QED) is 0.558. The van der Waals surface area contributed by atoms with Crippen molar-refractivity contribution in [2.75, 3.05) is 32.8 Å². The number of nitrogens with zero attached hydrogens (tertiary/aromatic N) is 1. The Hall–Kier alpha value is -2.09. The minimum atomic E-state index is 0.219. The maximum atomic E-state index is 9.55. The molecule has 0 amide bonds. The molecule has 1 saturated heterocycles. The second-order valence-electron chi connectivity index (χ2n) is 5.94. The van der Waals surface area contributed by atoms with Crippen molar-refractivity contribution in [2.45, 2.75) is 23.8 Å². The van der Waals surface area contributed by atoms with Crippen LogP contribution in [0.25, 0.3) is 0 Å². The zero-order chi connectivity index (χ0) is 18.4. The fourth-order valence-corrected chi connectivity index (χ4v) is 4.07. The predicted octanol–water partition coefficient (Wildman–Crippen LogP) is 4.06. The van der Waals surface area contributed by atoms with Gasteiger partial charge in [-0.05, 0) is 49.1 Å². The number of nitrogens with one attached hydrogen (secondary N) is 1. The van der Waals surface area contributed by atoms with Crippen molar-refractivity contribution in [3.05, 3.63) is 42.5 Å². The number of para-hydroxylation sites is 1. The first-order valence-electron chi connectivity index (χ1n) is 8.55. The first kappa shape index (κ1) is 18.7. The SMILES string of the molecule is COc1ccc(OC)c(SN2CCC(Oc3ccccc3)CC2)c1NO. The third kappa shape index (κ3) is 4.35. The van der Waals surface area contributed by atoms with Gasteiger partial charge in [-0.15, -0.1) is 0 Å². The molecule has 0 bridgehead atoms. The maximum absolute atomic E-state index is 9.55. The third-order valence-corrected chi connectivity index (χ3v) is 5.51. The lowest BCUT2D eigenvalue weighted by molar-refractivity contribution is 0.139. The van der Waals surface area contributed by atoms with Crippen LogP contribution in [0.1, 0.15) is 12.8 Å². The van der Waals surface area contributed by atoms with Gasteiger partial charge < -0.3 is 14.2 Å². The lowest BCUT2D eigenvalue weighted by Crippen LogP contribution is -2.34. The van der Waals surface area contributed by atoms with E-state index in [0.717, 1.165) is 36.6 Å². The molecule has 0 spiro atoms. The summed E-state index contributed by atoms with van der Waals surface area (Å²) in [6, 6.07) is 13.5. The Labute approximate surface area is 158 Å². The number of methoxy groups -OCH3 is 2. The monoisotopic (exact) mass is 376 g/mol. The van der Waals surface area contributed by atoms with Crippen LogP contribution in [-0.2, 0) is 0 Å². The molecule has 1 heterocycles.